The molecule has 1 heterocycles. The molecule has 106 valence electrons. The van der Waals surface area contributed by atoms with Crippen LogP contribution in [0.5, 0.6) is 0 Å². The Hall–Kier alpha value is -0.0800. The van der Waals surface area contributed by atoms with Gasteiger partial charge in [0.15, 0.2) is 0 Å². The van der Waals surface area contributed by atoms with Gasteiger partial charge in [0.25, 0.3) is 0 Å². The number of piperidine rings is 1. The highest BCUT2D eigenvalue weighted by molar-refractivity contribution is 4.83. The maximum Gasteiger partial charge on any atom is 0.00123 e. The lowest BCUT2D eigenvalue weighted by Gasteiger charge is -2.41. The summed E-state index contributed by atoms with van der Waals surface area (Å²) in [6.07, 6.45) is 10.0. The number of hydrogen-bond donors (Lipinski definition) is 1. The molecule has 0 spiro atoms. The summed E-state index contributed by atoms with van der Waals surface area (Å²) >= 11 is 0. The molecule has 2 N–H and O–H groups in total. The van der Waals surface area contributed by atoms with E-state index in [0.717, 1.165) is 18.4 Å². The number of fused-ring (bicyclic) bond motifs is 1. The van der Waals surface area contributed by atoms with E-state index in [2.05, 4.69) is 18.7 Å². The standard InChI is InChI=1S/C16H32N2/c1-16(2,13-17)9-5-10-18-11-8-14-6-3-4-7-15(14)12-18/h14-15H,3-13,17H2,1-2H3. The second-order valence-electron chi connectivity index (χ2n) is 7.37. The fourth-order valence-electron chi connectivity index (χ4n) is 3.76. The van der Waals surface area contributed by atoms with Crippen LogP contribution in [0.15, 0.2) is 0 Å². The highest BCUT2D eigenvalue weighted by Gasteiger charge is 2.30. The van der Waals surface area contributed by atoms with Crippen LogP contribution in [-0.2, 0) is 0 Å². The highest BCUT2D eigenvalue weighted by atomic mass is 15.1. The molecule has 2 rings (SSSR count). The van der Waals surface area contributed by atoms with E-state index >= 15 is 0 Å². The molecule has 2 atom stereocenters. The van der Waals surface area contributed by atoms with Gasteiger partial charge in [-0.25, -0.2) is 0 Å². The molecule has 2 aliphatic rings. The third kappa shape index (κ3) is 3.96. The first-order chi connectivity index (χ1) is 8.61. The zero-order valence-corrected chi connectivity index (χ0v) is 12.5. The summed E-state index contributed by atoms with van der Waals surface area (Å²) < 4.78 is 0. The van der Waals surface area contributed by atoms with Crippen LogP contribution in [0, 0.1) is 17.3 Å². The van der Waals surface area contributed by atoms with Gasteiger partial charge in [0.05, 0.1) is 0 Å². The van der Waals surface area contributed by atoms with Crippen LogP contribution in [0.1, 0.15) is 58.8 Å². The summed E-state index contributed by atoms with van der Waals surface area (Å²) in [6.45, 7) is 9.43. The molecule has 2 unspecified atom stereocenters. The number of nitrogens with zero attached hydrogens (tertiary/aromatic N) is 1. The average Bonchev–Trinajstić information content (AvgIpc) is 2.38. The lowest BCUT2D eigenvalue weighted by molar-refractivity contribution is 0.0835. The minimum atomic E-state index is 0.336. The van der Waals surface area contributed by atoms with Gasteiger partial charge in [-0.3, -0.25) is 0 Å². The van der Waals surface area contributed by atoms with Crippen molar-refractivity contribution in [3.63, 3.8) is 0 Å². The zero-order chi connectivity index (χ0) is 13.0. The van der Waals surface area contributed by atoms with E-state index in [1.54, 1.807) is 0 Å². The van der Waals surface area contributed by atoms with Gasteiger partial charge < -0.3 is 10.6 Å². The van der Waals surface area contributed by atoms with E-state index in [4.69, 9.17) is 5.73 Å². The van der Waals surface area contributed by atoms with Gasteiger partial charge in [0.1, 0.15) is 0 Å². The van der Waals surface area contributed by atoms with Crippen LogP contribution in [0.4, 0.5) is 0 Å². The molecule has 1 aliphatic heterocycles. The number of likely N-dealkylation sites (tertiary alicyclic amines) is 1. The Balaban J connectivity index is 1.68. The van der Waals surface area contributed by atoms with Crippen LogP contribution >= 0.6 is 0 Å². The Morgan fingerprint density at radius 3 is 2.56 bits per heavy atom. The number of rotatable bonds is 5. The van der Waals surface area contributed by atoms with E-state index in [9.17, 15) is 0 Å². The number of hydrogen-bond acceptors (Lipinski definition) is 2. The van der Waals surface area contributed by atoms with Crippen molar-refractivity contribution in [1.29, 1.82) is 0 Å². The van der Waals surface area contributed by atoms with Crippen molar-refractivity contribution in [2.75, 3.05) is 26.2 Å². The van der Waals surface area contributed by atoms with Gasteiger partial charge in [-0.2, -0.15) is 0 Å². The second-order valence-corrected chi connectivity index (χ2v) is 7.37. The van der Waals surface area contributed by atoms with Crippen molar-refractivity contribution in [1.82, 2.24) is 4.90 Å². The fraction of sp³-hybridized carbons (Fsp3) is 1.00. The van der Waals surface area contributed by atoms with Gasteiger partial charge in [-0.15, -0.1) is 0 Å². The molecule has 2 fully saturated rings. The van der Waals surface area contributed by atoms with Gasteiger partial charge in [0.2, 0.25) is 0 Å². The summed E-state index contributed by atoms with van der Waals surface area (Å²) in [6, 6.07) is 0. The zero-order valence-electron chi connectivity index (χ0n) is 12.5. The molecular formula is C16H32N2. The SMILES string of the molecule is CC(C)(CN)CCCN1CCC2CCCCC2C1. The Bertz CT molecular complexity index is 249. The average molecular weight is 252 g/mol. The van der Waals surface area contributed by atoms with E-state index in [-0.39, 0.29) is 0 Å². The van der Waals surface area contributed by atoms with Crippen molar-refractivity contribution in [2.24, 2.45) is 23.0 Å². The third-order valence-electron chi connectivity index (χ3n) is 5.26. The normalized spacial score (nSPS) is 30.2. The molecule has 0 aromatic carbocycles. The maximum atomic E-state index is 5.80. The van der Waals surface area contributed by atoms with Gasteiger partial charge in [0, 0.05) is 6.54 Å². The maximum absolute atomic E-state index is 5.80. The monoisotopic (exact) mass is 252 g/mol. The van der Waals surface area contributed by atoms with E-state index in [0.29, 0.717) is 5.41 Å². The molecule has 1 aliphatic carbocycles. The van der Waals surface area contributed by atoms with Crippen molar-refractivity contribution >= 4 is 0 Å². The fourth-order valence-corrected chi connectivity index (χ4v) is 3.76. The van der Waals surface area contributed by atoms with Crippen LogP contribution in [0.2, 0.25) is 0 Å². The van der Waals surface area contributed by atoms with Gasteiger partial charge in [-0.05, 0) is 62.6 Å². The van der Waals surface area contributed by atoms with E-state index < -0.39 is 0 Å². The number of nitrogens with two attached hydrogens (primary N) is 1. The van der Waals surface area contributed by atoms with Crippen LogP contribution in [0.3, 0.4) is 0 Å². The quantitative estimate of drug-likeness (QED) is 0.814. The smallest absolute Gasteiger partial charge is 0.00123 e. The predicted octanol–water partition coefficient (Wildman–Crippen LogP) is 3.26. The predicted molar refractivity (Wildman–Crippen MR) is 78.6 cm³/mol. The summed E-state index contributed by atoms with van der Waals surface area (Å²) in [5, 5.41) is 0. The Morgan fingerprint density at radius 2 is 1.83 bits per heavy atom. The minimum Gasteiger partial charge on any atom is -0.330 e. The van der Waals surface area contributed by atoms with Crippen molar-refractivity contribution in [3.05, 3.63) is 0 Å². The molecule has 0 bridgehead atoms. The summed E-state index contributed by atoms with van der Waals surface area (Å²) in [7, 11) is 0. The first-order valence-corrected chi connectivity index (χ1v) is 8.03. The van der Waals surface area contributed by atoms with Crippen LogP contribution in [-0.4, -0.2) is 31.1 Å². The molecule has 2 nitrogen and oxygen atoms in total. The van der Waals surface area contributed by atoms with Crippen molar-refractivity contribution in [3.8, 4) is 0 Å². The van der Waals surface area contributed by atoms with Gasteiger partial charge in [-0.1, -0.05) is 33.1 Å². The molecule has 2 heteroatoms. The van der Waals surface area contributed by atoms with E-state index in [1.807, 2.05) is 0 Å². The topological polar surface area (TPSA) is 29.3 Å². The Kier molecular flexibility index (Phi) is 5.08. The molecule has 0 aromatic heterocycles. The highest BCUT2D eigenvalue weighted by Crippen LogP contribution is 2.36. The van der Waals surface area contributed by atoms with Crippen molar-refractivity contribution < 1.29 is 0 Å². The molecule has 0 radical (unpaired) electrons. The minimum absolute atomic E-state index is 0.336. The Morgan fingerprint density at radius 1 is 1.11 bits per heavy atom. The molecular weight excluding hydrogens is 220 g/mol. The molecule has 18 heavy (non-hydrogen) atoms. The largest absolute Gasteiger partial charge is 0.330 e. The van der Waals surface area contributed by atoms with Gasteiger partial charge >= 0.3 is 0 Å². The lowest BCUT2D eigenvalue weighted by atomic mass is 9.75. The molecule has 1 saturated heterocycles. The first kappa shape index (κ1) is 14.3. The third-order valence-corrected chi connectivity index (χ3v) is 5.26. The molecule has 1 saturated carbocycles. The lowest BCUT2D eigenvalue weighted by Crippen LogP contribution is -2.42. The van der Waals surface area contributed by atoms with E-state index in [1.165, 1.54) is 64.6 Å². The summed E-state index contributed by atoms with van der Waals surface area (Å²) in [4.78, 5) is 2.72. The second kappa shape index (κ2) is 6.38. The first-order valence-electron chi connectivity index (χ1n) is 8.03. The van der Waals surface area contributed by atoms with Crippen molar-refractivity contribution in [2.45, 2.75) is 58.8 Å². The summed E-state index contributed by atoms with van der Waals surface area (Å²) in [5.41, 5.74) is 6.14. The Labute approximate surface area is 113 Å². The molecule has 0 amide bonds. The molecule has 0 aromatic rings. The summed E-state index contributed by atoms with van der Waals surface area (Å²) in [5.74, 6) is 2.09. The van der Waals surface area contributed by atoms with Crippen LogP contribution in [0.25, 0.3) is 0 Å². The van der Waals surface area contributed by atoms with Crippen LogP contribution < -0.4 is 5.73 Å².